The zero-order valence-corrected chi connectivity index (χ0v) is 7.91. The number of benzene rings is 1. The van der Waals surface area contributed by atoms with Crippen molar-refractivity contribution in [3.8, 4) is 0 Å². The van der Waals surface area contributed by atoms with E-state index in [0.717, 1.165) is 4.90 Å². The summed E-state index contributed by atoms with van der Waals surface area (Å²) in [4.78, 5) is 18.0. The minimum absolute atomic E-state index is 0.833. The number of nitrogens with two attached hydrogens (primary N) is 2. The highest BCUT2D eigenvalue weighted by Gasteiger charge is 1.73. The number of amides is 2. The number of urea groups is 1. The first-order valence-electron chi connectivity index (χ1n) is 3.20. The molecule has 0 aliphatic rings. The molecule has 72 valence electrons. The molecule has 1 aromatic carbocycles. The van der Waals surface area contributed by atoms with Crippen LogP contribution in [0.15, 0.2) is 35.2 Å². The zero-order valence-electron chi connectivity index (χ0n) is 7.01. The molecule has 0 saturated heterocycles. The summed E-state index contributed by atoms with van der Waals surface area (Å²) in [7, 11) is 0. The molecule has 2 amide bonds. The molecule has 1 aromatic rings. The van der Waals surface area contributed by atoms with Crippen LogP contribution in [0.25, 0.3) is 0 Å². The van der Waals surface area contributed by atoms with Gasteiger partial charge in [0.2, 0.25) is 0 Å². The van der Waals surface area contributed by atoms with Crippen LogP contribution in [0, 0.1) is 0 Å². The molecule has 0 saturated carbocycles. The van der Waals surface area contributed by atoms with Gasteiger partial charge in [-0.05, 0) is 12.1 Å². The molecule has 0 radical (unpaired) electrons. The second kappa shape index (κ2) is 10.5. The number of thiol groups is 1. The van der Waals surface area contributed by atoms with Gasteiger partial charge >= 0.3 is 6.03 Å². The van der Waals surface area contributed by atoms with Crippen LogP contribution in [0.3, 0.4) is 0 Å². The summed E-state index contributed by atoms with van der Waals surface area (Å²) in [6.45, 7) is 2.00. The van der Waals surface area contributed by atoms with E-state index < -0.39 is 6.03 Å². The molecule has 0 spiro atoms. The lowest BCUT2D eigenvalue weighted by molar-refractivity contribution is -0.0979. The van der Waals surface area contributed by atoms with Gasteiger partial charge < -0.3 is 16.3 Å². The van der Waals surface area contributed by atoms with E-state index in [-0.39, 0.29) is 0 Å². The van der Waals surface area contributed by atoms with Crippen molar-refractivity contribution in [3.05, 3.63) is 30.3 Å². The summed E-state index contributed by atoms with van der Waals surface area (Å²) in [6.07, 6.45) is 0. The Bertz CT molecular complexity index is 225. The summed E-state index contributed by atoms with van der Waals surface area (Å²) in [5, 5.41) is 0. The second-order valence-corrected chi connectivity index (χ2v) is 2.25. The smallest absolute Gasteiger partial charge is 0.309 e. The van der Waals surface area contributed by atoms with E-state index in [2.05, 4.69) is 24.1 Å². The molecule has 13 heavy (non-hydrogen) atoms. The van der Waals surface area contributed by atoms with Gasteiger partial charge in [0.25, 0.3) is 0 Å². The lowest BCUT2D eigenvalue weighted by Gasteiger charge is -1.81. The van der Waals surface area contributed by atoms with E-state index in [0.29, 0.717) is 0 Å². The Labute approximate surface area is 82.3 Å². The minimum atomic E-state index is -0.833. The highest BCUT2D eigenvalue weighted by Crippen LogP contribution is 2.00. The number of hydrogen-bond donors (Lipinski definition) is 3. The molecule has 0 atom stereocenters. The highest BCUT2D eigenvalue weighted by atomic mass is 32.1. The van der Waals surface area contributed by atoms with Crippen LogP contribution in [0.1, 0.15) is 0 Å². The molecule has 4 nitrogen and oxygen atoms in total. The van der Waals surface area contributed by atoms with E-state index in [1.54, 1.807) is 0 Å². The van der Waals surface area contributed by atoms with Crippen molar-refractivity contribution < 1.29 is 9.59 Å². The molecule has 4 N–H and O–H groups in total. The maximum Gasteiger partial charge on any atom is 0.309 e. The van der Waals surface area contributed by atoms with Gasteiger partial charge in [-0.3, -0.25) is 0 Å². The first-order chi connectivity index (χ1) is 6.13. The van der Waals surface area contributed by atoms with Gasteiger partial charge in [0.05, 0.1) is 0 Å². The fraction of sp³-hybridized carbons (Fsp3) is 0. The third-order valence-electron chi connectivity index (χ3n) is 0.756. The van der Waals surface area contributed by atoms with E-state index in [1.165, 1.54) is 0 Å². The van der Waals surface area contributed by atoms with E-state index >= 15 is 0 Å². The highest BCUT2D eigenvalue weighted by molar-refractivity contribution is 7.80. The monoisotopic (exact) mass is 200 g/mol. The number of hydrogen-bond acceptors (Lipinski definition) is 3. The maximum atomic E-state index is 9.00. The van der Waals surface area contributed by atoms with Crippen molar-refractivity contribution in [2.45, 2.75) is 4.90 Å². The summed E-state index contributed by atoms with van der Waals surface area (Å²) in [5.41, 5.74) is 8.50. The molecule has 1 rings (SSSR count). The molecule has 0 fully saturated rings. The van der Waals surface area contributed by atoms with Crippen molar-refractivity contribution >= 4 is 25.4 Å². The van der Waals surface area contributed by atoms with Gasteiger partial charge in [-0.2, -0.15) is 0 Å². The van der Waals surface area contributed by atoms with E-state index in [9.17, 15) is 0 Å². The second-order valence-electron chi connectivity index (χ2n) is 1.74. The Morgan fingerprint density at radius 1 is 1.15 bits per heavy atom. The molecule has 5 heteroatoms. The zero-order chi connectivity index (χ0) is 10.7. The average Bonchev–Trinajstić information content (AvgIpc) is 2.08. The summed E-state index contributed by atoms with van der Waals surface area (Å²) in [6, 6.07) is 8.95. The third kappa shape index (κ3) is 18.0. The van der Waals surface area contributed by atoms with Crippen molar-refractivity contribution in [2.75, 3.05) is 0 Å². The minimum Gasteiger partial charge on any atom is -0.352 e. The maximum absolute atomic E-state index is 9.00. The van der Waals surface area contributed by atoms with Crippen LogP contribution in [-0.4, -0.2) is 12.8 Å². The van der Waals surface area contributed by atoms with Gasteiger partial charge in [0.15, 0.2) is 0 Å². The number of primary amides is 2. The Hall–Kier alpha value is -1.49. The first-order valence-corrected chi connectivity index (χ1v) is 3.65. The van der Waals surface area contributed by atoms with E-state index in [1.807, 2.05) is 37.1 Å². The third-order valence-corrected chi connectivity index (χ3v) is 1.05. The Balaban J connectivity index is 0. The van der Waals surface area contributed by atoms with Crippen LogP contribution in [0.4, 0.5) is 4.79 Å². The summed E-state index contributed by atoms with van der Waals surface area (Å²) < 4.78 is 0. The fourth-order valence-electron chi connectivity index (χ4n) is 0.428. The number of rotatable bonds is 0. The topological polar surface area (TPSA) is 86.2 Å². The van der Waals surface area contributed by atoms with Crippen LogP contribution in [-0.2, 0) is 4.79 Å². The Morgan fingerprint density at radius 3 is 1.62 bits per heavy atom. The first kappa shape index (κ1) is 14.1. The summed E-state index contributed by atoms with van der Waals surface area (Å²) in [5.74, 6) is 0. The molecular formula is C8H12N2O2S. The predicted molar refractivity (Wildman–Crippen MR) is 54.6 cm³/mol. The Kier molecular flexibility index (Phi) is 11.4. The van der Waals surface area contributed by atoms with Crippen molar-refractivity contribution in [1.29, 1.82) is 0 Å². The lowest BCUT2D eigenvalue weighted by atomic mass is 10.4. The molecule has 0 heterocycles. The van der Waals surface area contributed by atoms with Crippen LogP contribution < -0.4 is 11.5 Å². The van der Waals surface area contributed by atoms with E-state index in [4.69, 9.17) is 9.59 Å². The molecule has 0 aliphatic heterocycles. The largest absolute Gasteiger partial charge is 0.352 e. The normalized spacial score (nSPS) is 6.85. The summed E-state index contributed by atoms with van der Waals surface area (Å²) >= 11 is 4.08. The molecular weight excluding hydrogens is 188 g/mol. The van der Waals surface area contributed by atoms with Gasteiger partial charge in [-0.15, -0.1) is 12.6 Å². The standard InChI is InChI=1S/C6H6S.CH4N2O.CH2O/c7-6-4-2-1-3-5-6;2-1(3)4;1-2/h1-5,7H;(H4,2,3,4);1H2. The molecule has 0 aromatic heterocycles. The van der Waals surface area contributed by atoms with Crippen molar-refractivity contribution in [1.82, 2.24) is 0 Å². The van der Waals surface area contributed by atoms with Crippen LogP contribution in [0.5, 0.6) is 0 Å². The quantitative estimate of drug-likeness (QED) is 0.541. The molecule has 0 aliphatic carbocycles. The lowest BCUT2D eigenvalue weighted by Crippen LogP contribution is -2.18. The van der Waals surface area contributed by atoms with Crippen molar-refractivity contribution in [3.63, 3.8) is 0 Å². The van der Waals surface area contributed by atoms with Gasteiger partial charge in [-0.1, -0.05) is 18.2 Å². The Morgan fingerprint density at radius 2 is 1.46 bits per heavy atom. The average molecular weight is 200 g/mol. The molecule has 0 bridgehead atoms. The van der Waals surface area contributed by atoms with Gasteiger partial charge in [-0.25, -0.2) is 4.79 Å². The number of carbonyl (C=O) groups is 2. The van der Waals surface area contributed by atoms with Crippen LogP contribution >= 0.6 is 12.6 Å². The fourth-order valence-corrected chi connectivity index (χ4v) is 0.600. The number of carbonyl (C=O) groups excluding carboxylic acids is 2. The van der Waals surface area contributed by atoms with Gasteiger partial charge in [0.1, 0.15) is 6.79 Å². The SMILES string of the molecule is C=O.NC(N)=O.Sc1ccccc1. The van der Waals surface area contributed by atoms with Gasteiger partial charge in [0, 0.05) is 4.90 Å². The predicted octanol–water partition coefficient (Wildman–Crippen LogP) is 0.814. The molecule has 0 unspecified atom stereocenters. The van der Waals surface area contributed by atoms with Crippen molar-refractivity contribution in [2.24, 2.45) is 11.5 Å². The van der Waals surface area contributed by atoms with Crippen LogP contribution in [0.2, 0.25) is 0 Å².